The topological polar surface area (TPSA) is 362 Å². The molecule has 1 aliphatic heterocycles. The summed E-state index contributed by atoms with van der Waals surface area (Å²) in [5, 5.41) is 31.8. The molecule has 119 heavy (non-hydrogen) atoms. The molecule has 0 saturated heterocycles. The van der Waals surface area contributed by atoms with Crippen molar-refractivity contribution in [3.8, 4) is 0 Å². The summed E-state index contributed by atoms with van der Waals surface area (Å²) in [5.41, 5.74) is 6.17. The van der Waals surface area contributed by atoms with E-state index in [1.54, 1.807) is 56.8 Å². The summed E-state index contributed by atoms with van der Waals surface area (Å²) in [6, 6.07) is 14.7. The maximum absolute atomic E-state index is 15.8. The first-order chi connectivity index (χ1) is 55.3. The van der Waals surface area contributed by atoms with Gasteiger partial charge in [0.15, 0.2) is 19.7 Å². The van der Waals surface area contributed by atoms with Gasteiger partial charge in [-0.25, -0.2) is 34.1 Å². The molecular weight excluding hydrogens is 1770 g/mol. The third-order valence-electron chi connectivity index (χ3n) is 21.2. The Morgan fingerprint density at radius 1 is 0.647 bits per heavy atom. The van der Waals surface area contributed by atoms with Gasteiger partial charge in [0, 0.05) is 32.3 Å². The molecule has 2 aromatic carbocycles. The van der Waals surface area contributed by atoms with E-state index < -0.39 is 163 Å². The molecular formula is C84H123N11O15S3Se2Si4. The Balaban J connectivity index is 1.22. The average molecular weight is 1890 g/mol. The Kier molecular flexibility index (Phi) is 33.4. The molecule has 11 atom stereocenters. The summed E-state index contributed by atoms with van der Waals surface area (Å²) in [6.07, 6.45) is 0.398. The first kappa shape index (κ1) is 97.6. The van der Waals surface area contributed by atoms with Gasteiger partial charge in [-0.1, -0.05) is 60.1 Å². The molecule has 0 bridgehead atoms. The SMILES string of the molecule is CC(C)[C@H](N[C@@H]1C=Cc2c([C@H](C)O[Si](C)(C)C(C)(C)C)cc(C(=O)O[C@H](C)[C@H](NC(=O)OC(C)(C)C)c3nc([C@H]4N=C(c5nc(C(=O)OCC[Si](C)(C)C)cs5)CC[C@]4(NC(=O)[C@H](C)N)c4nc(C(=O)OCC[Si](C)(C)C)cs4)cs3)nc2[C@H]1O[Si](C)(C)C(C)(C)C)C(=O)N[C@@H](C[Se]c1ccccc1)C(=O)N[C@@H](C[Se]c1ccccc1)C(=O)O. The second-order valence-electron chi connectivity index (χ2n) is 37.2. The van der Waals surface area contributed by atoms with Gasteiger partial charge in [-0.15, -0.1) is 34.0 Å². The Bertz CT molecular complexity index is 4610. The van der Waals surface area contributed by atoms with Crippen LogP contribution in [0.4, 0.5) is 4.79 Å². The normalized spacial score (nSPS) is 18.5. The zero-order valence-electron chi connectivity index (χ0n) is 73.3. The van der Waals surface area contributed by atoms with Gasteiger partial charge in [0.2, 0.25) is 5.91 Å². The molecule has 4 aromatic heterocycles. The summed E-state index contributed by atoms with van der Waals surface area (Å²) < 4.78 is 40.8. The van der Waals surface area contributed by atoms with Gasteiger partial charge in [-0.2, -0.15) is 0 Å². The van der Waals surface area contributed by atoms with E-state index in [2.05, 4.69) is 134 Å². The van der Waals surface area contributed by atoms with Crippen molar-refractivity contribution in [2.75, 3.05) is 13.2 Å². The summed E-state index contributed by atoms with van der Waals surface area (Å²) in [6.45, 7) is 48.9. The summed E-state index contributed by atoms with van der Waals surface area (Å²) in [7, 11) is -8.67. The van der Waals surface area contributed by atoms with Crippen molar-refractivity contribution >= 4 is 165 Å². The number of hydrogen-bond donors (Lipinski definition) is 7. The predicted octanol–water partition coefficient (Wildman–Crippen LogP) is 14.0. The molecule has 8 rings (SSSR count). The number of aromatic nitrogens is 4. The van der Waals surface area contributed by atoms with Crippen LogP contribution in [-0.4, -0.2) is 196 Å². The number of carbonyl (C=O) groups excluding carboxylic acids is 7. The van der Waals surface area contributed by atoms with E-state index in [0.29, 0.717) is 32.5 Å². The number of thiazole rings is 3. The van der Waals surface area contributed by atoms with E-state index in [1.807, 2.05) is 93.6 Å². The van der Waals surface area contributed by atoms with Gasteiger partial charge >= 0.3 is 341 Å². The van der Waals surface area contributed by atoms with E-state index in [-0.39, 0.29) is 99.4 Å². The second-order valence-corrected chi connectivity index (χ2v) is 65.2. The number of alkyl carbamates (subject to hydrolysis) is 1. The summed E-state index contributed by atoms with van der Waals surface area (Å²) >= 11 is 2.84. The number of aliphatic carboxylic acids is 1. The number of esters is 3. The summed E-state index contributed by atoms with van der Waals surface area (Å²) in [4.78, 5) is 140. The molecule has 0 spiro atoms. The third kappa shape index (κ3) is 27.1. The fourth-order valence-electron chi connectivity index (χ4n) is 12.2. The molecule has 1 aliphatic carbocycles. The number of rotatable bonds is 37. The standard InChI is InChI=1S/C84H123N11O15S3Se2Si4/c1-49(2)65(72(98)89-63(47-114-53-31-27-25-28-32-53)71(97)90-64(75(99)100)48-115-54-33-29-26-30-34-54)86-57-36-35-55-56(51(4)109-118(21,22)82(9,10)11)43-59(87-67(55)68(57)110-119(23,24)83(12,13)14)78(103)107-52(5)66(94-80(104)108-81(6,7)8)74-91-60(44-112-74)69-84(95-70(96)50(3)85,79-93-62(46-113-79)77(102)106-40-42-117(18,19)20)38-37-58(88-69)73-92-61(45-111-73)76(101)105-39-41-116(15,16)17/h25-36,43-46,49-52,57,63-66,68-69,86H,37-42,47-48,85H2,1-24H3,(H,89,98)(H,90,97)(H,94,104)(H,95,96)(H,99,100)/t50-,51-,52+,57+,63-,64-,65-,66-,68-,69+,84+/m0/s1. The minimum absolute atomic E-state index is 0.0242. The quantitative estimate of drug-likeness (QED) is 0.0108. The van der Waals surface area contributed by atoms with E-state index in [9.17, 15) is 33.9 Å². The zero-order valence-corrected chi connectivity index (χ0v) is 83.1. The number of carbonyl (C=O) groups is 8. The number of aliphatic imine (C=N–C) groups is 1. The number of pyridine rings is 1. The van der Waals surface area contributed by atoms with Crippen LogP contribution >= 0.6 is 34.0 Å². The van der Waals surface area contributed by atoms with Gasteiger partial charge in [-0.3, -0.25) is 9.79 Å². The molecule has 8 N–H and O–H groups in total. The maximum atomic E-state index is 15.8. The number of amides is 4. The third-order valence-corrected chi connectivity index (χ3v) is 41.2. The average Bonchev–Trinajstić information content (AvgIpc) is 1.66. The van der Waals surface area contributed by atoms with Crippen molar-refractivity contribution in [1.29, 1.82) is 0 Å². The molecule has 0 fully saturated rings. The second kappa shape index (κ2) is 40.7. The van der Waals surface area contributed by atoms with Crippen LogP contribution in [0.25, 0.3) is 6.08 Å². The van der Waals surface area contributed by atoms with Crippen molar-refractivity contribution in [2.45, 2.75) is 280 Å². The fraction of sp³-hybridized carbons (Fsp3) is 0.560. The van der Waals surface area contributed by atoms with E-state index >= 15 is 9.59 Å². The van der Waals surface area contributed by atoms with Gasteiger partial charge < -0.3 is 39.7 Å². The summed E-state index contributed by atoms with van der Waals surface area (Å²) in [5.74, 6) is -5.39. The van der Waals surface area contributed by atoms with Crippen molar-refractivity contribution < 1.29 is 71.3 Å². The Labute approximate surface area is 730 Å². The van der Waals surface area contributed by atoms with Crippen LogP contribution in [0.2, 0.25) is 98.3 Å². The van der Waals surface area contributed by atoms with E-state index in [4.69, 9.17) is 58.5 Å². The van der Waals surface area contributed by atoms with Gasteiger partial charge in [-0.05, 0) is 84.6 Å². The number of carboxylic acid groups (broad SMARTS) is 1. The Morgan fingerprint density at radius 2 is 1.20 bits per heavy atom. The molecule has 35 heteroatoms. The van der Waals surface area contributed by atoms with E-state index in [0.717, 1.165) is 43.7 Å². The molecule has 26 nitrogen and oxygen atoms in total. The van der Waals surface area contributed by atoms with Crippen molar-refractivity contribution in [3.63, 3.8) is 0 Å². The van der Waals surface area contributed by atoms with Crippen LogP contribution in [0, 0.1) is 5.92 Å². The fourth-order valence-corrected chi connectivity index (χ4v) is 23.0. The Hall–Kier alpha value is -6.80. The first-order valence-electron chi connectivity index (χ1n) is 40.4. The Morgan fingerprint density at radius 3 is 1.74 bits per heavy atom. The molecule has 4 amide bonds. The zero-order chi connectivity index (χ0) is 88.3. The molecule has 2 aliphatic rings. The molecule has 650 valence electrons. The van der Waals surface area contributed by atoms with Crippen molar-refractivity contribution in [3.05, 3.63) is 144 Å². The number of benzene rings is 2. The molecule has 6 aromatic rings. The van der Waals surface area contributed by atoms with Crippen LogP contribution in [0.3, 0.4) is 0 Å². The van der Waals surface area contributed by atoms with Gasteiger partial charge in [0.25, 0.3) is 0 Å². The predicted molar refractivity (Wildman–Crippen MR) is 483 cm³/mol. The monoisotopic (exact) mass is 1890 g/mol. The number of carboxylic acids is 1. The number of nitrogens with two attached hydrogens (primary N) is 1. The van der Waals surface area contributed by atoms with Crippen LogP contribution in [0.15, 0.2) is 93.9 Å². The number of fused-ring (bicyclic) bond motifs is 1. The van der Waals surface area contributed by atoms with Gasteiger partial charge in [0.05, 0.1) is 30.7 Å². The molecule has 0 saturated carbocycles. The van der Waals surface area contributed by atoms with E-state index in [1.165, 1.54) is 11.3 Å². The number of nitrogens with one attached hydrogen (secondary N) is 5. The van der Waals surface area contributed by atoms with Crippen LogP contribution < -0.4 is 41.2 Å². The molecule has 5 heterocycles. The first-order valence-corrected chi connectivity index (χ1v) is 60.4. The molecule has 0 radical (unpaired) electrons. The van der Waals surface area contributed by atoms with Crippen LogP contribution in [0.5, 0.6) is 0 Å². The number of nitrogens with zero attached hydrogens (tertiary/aromatic N) is 5. The molecule has 0 unspecified atom stereocenters. The van der Waals surface area contributed by atoms with Crippen molar-refractivity contribution in [2.24, 2.45) is 16.6 Å². The minimum atomic E-state index is -2.89. The van der Waals surface area contributed by atoms with Crippen LogP contribution in [-0.2, 0) is 52.5 Å². The van der Waals surface area contributed by atoms with Crippen LogP contribution in [0.1, 0.15) is 203 Å². The number of hydrogen-bond acceptors (Lipinski definition) is 24. The number of ether oxygens (including phenoxy) is 4. The van der Waals surface area contributed by atoms with Crippen molar-refractivity contribution in [1.82, 2.24) is 46.5 Å². The van der Waals surface area contributed by atoms with Gasteiger partial charge in [0.1, 0.15) is 44.4 Å².